The highest BCUT2D eigenvalue weighted by molar-refractivity contribution is 6.30. The number of hydrogen-bond acceptors (Lipinski definition) is 6. The quantitative estimate of drug-likeness (QED) is 0.567. The Kier molecular flexibility index (Phi) is 6.45. The van der Waals surface area contributed by atoms with E-state index in [1.807, 2.05) is 43.3 Å². The largest absolute Gasteiger partial charge is 0.465 e. The average Bonchev–Trinajstić information content (AvgIpc) is 2.68. The number of nitrogens with zero attached hydrogens (tertiary/aromatic N) is 2. The molecule has 6 nitrogen and oxygen atoms in total. The molecule has 7 heteroatoms. The number of aryl methyl sites for hydroxylation is 1. The number of ether oxygens (including phenoxy) is 1. The maximum atomic E-state index is 11.7. The highest BCUT2D eigenvalue weighted by Crippen LogP contribution is 2.18. The first-order chi connectivity index (χ1) is 13.5. The molecule has 2 aromatic carbocycles. The van der Waals surface area contributed by atoms with Gasteiger partial charge in [-0.05, 0) is 49.2 Å². The topological polar surface area (TPSA) is 76.1 Å². The van der Waals surface area contributed by atoms with Gasteiger partial charge in [-0.1, -0.05) is 29.8 Å². The molecule has 0 saturated heterocycles. The number of carbonyl (C=O) groups excluding carboxylic acids is 1. The first-order valence-electron chi connectivity index (χ1n) is 8.83. The van der Waals surface area contributed by atoms with Gasteiger partial charge in [0.05, 0.1) is 12.7 Å². The first kappa shape index (κ1) is 19.6. The standard InChI is InChI=1S/C21H21ClN4O2/c1-14-12-19(25-18-5-3-4-16(13-18)20(27)28-2)26-21(24-14)23-11-10-15-6-8-17(22)9-7-15/h3-9,12-13H,10-11H2,1-2H3,(H2,23,24,25,26). The number of methoxy groups -OCH3 is 1. The minimum Gasteiger partial charge on any atom is -0.465 e. The molecule has 0 aliphatic rings. The van der Waals surface area contributed by atoms with Crippen molar-refractivity contribution in [3.05, 3.63) is 76.4 Å². The van der Waals surface area contributed by atoms with Crippen LogP contribution in [0, 0.1) is 6.92 Å². The van der Waals surface area contributed by atoms with Crippen molar-refractivity contribution in [1.29, 1.82) is 0 Å². The van der Waals surface area contributed by atoms with Crippen molar-refractivity contribution in [2.24, 2.45) is 0 Å². The third-order valence-electron chi connectivity index (χ3n) is 4.02. The normalized spacial score (nSPS) is 10.4. The maximum absolute atomic E-state index is 11.7. The van der Waals surface area contributed by atoms with Crippen molar-refractivity contribution in [1.82, 2.24) is 9.97 Å². The summed E-state index contributed by atoms with van der Waals surface area (Å²) in [7, 11) is 1.36. The zero-order chi connectivity index (χ0) is 19.9. The number of benzene rings is 2. The zero-order valence-corrected chi connectivity index (χ0v) is 16.5. The SMILES string of the molecule is COC(=O)c1cccc(Nc2cc(C)nc(NCCc3ccc(Cl)cc3)n2)c1. The molecule has 3 rings (SSSR count). The van der Waals surface area contributed by atoms with E-state index in [4.69, 9.17) is 16.3 Å². The molecule has 0 fully saturated rings. The van der Waals surface area contributed by atoms with Crippen LogP contribution in [0.2, 0.25) is 5.02 Å². The molecule has 28 heavy (non-hydrogen) atoms. The molecule has 0 unspecified atom stereocenters. The Labute approximate surface area is 168 Å². The molecule has 0 radical (unpaired) electrons. The molecule has 144 valence electrons. The van der Waals surface area contributed by atoms with E-state index in [1.165, 1.54) is 12.7 Å². The lowest BCUT2D eigenvalue weighted by molar-refractivity contribution is 0.0601. The van der Waals surface area contributed by atoms with E-state index in [9.17, 15) is 4.79 Å². The number of rotatable bonds is 7. The van der Waals surface area contributed by atoms with Crippen LogP contribution in [0.5, 0.6) is 0 Å². The van der Waals surface area contributed by atoms with Gasteiger partial charge in [-0.2, -0.15) is 4.98 Å². The van der Waals surface area contributed by atoms with Gasteiger partial charge in [-0.3, -0.25) is 0 Å². The molecule has 0 amide bonds. The van der Waals surface area contributed by atoms with Crippen LogP contribution in [-0.2, 0) is 11.2 Å². The summed E-state index contributed by atoms with van der Waals surface area (Å²) in [5, 5.41) is 7.18. The molecule has 0 aliphatic heterocycles. The van der Waals surface area contributed by atoms with Crippen LogP contribution in [0.15, 0.2) is 54.6 Å². The summed E-state index contributed by atoms with van der Waals surface area (Å²) in [4.78, 5) is 20.6. The smallest absolute Gasteiger partial charge is 0.337 e. The lowest BCUT2D eigenvalue weighted by Gasteiger charge is -2.11. The van der Waals surface area contributed by atoms with E-state index in [2.05, 4.69) is 20.6 Å². The Bertz CT molecular complexity index is 961. The lowest BCUT2D eigenvalue weighted by atomic mass is 10.1. The third-order valence-corrected chi connectivity index (χ3v) is 4.27. The van der Waals surface area contributed by atoms with Crippen LogP contribution in [-0.4, -0.2) is 29.6 Å². The van der Waals surface area contributed by atoms with Crippen molar-refractivity contribution < 1.29 is 9.53 Å². The molecule has 0 saturated carbocycles. The van der Waals surface area contributed by atoms with Crippen molar-refractivity contribution in [2.45, 2.75) is 13.3 Å². The Morgan fingerprint density at radius 2 is 1.89 bits per heavy atom. The van der Waals surface area contributed by atoms with Crippen LogP contribution in [0.25, 0.3) is 0 Å². The van der Waals surface area contributed by atoms with Crippen LogP contribution >= 0.6 is 11.6 Å². The van der Waals surface area contributed by atoms with Gasteiger partial charge in [-0.15, -0.1) is 0 Å². The maximum Gasteiger partial charge on any atom is 0.337 e. The van der Waals surface area contributed by atoms with Gasteiger partial charge in [0.15, 0.2) is 0 Å². The fourth-order valence-corrected chi connectivity index (χ4v) is 2.80. The van der Waals surface area contributed by atoms with Gasteiger partial charge in [0.25, 0.3) is 0 Å². The second-order valence-corrected chi connectivity index (χ2v) is 6.66. The van der Waals surface area contributed by atoms with Gasteiger partial charge in [0, 0.05) is 29.0 Å². The first-order valence-corrected chi connectivity index (χ1v) is 9.21. The van der Waals surface area contributed by atoms with Crippen LogP contribution in [0.3, 0.4) is 0 Å². The number of carbonyl (C=O) groups is 1. The van der Waals surface area contributed by atoms with Gasteiger partial charge in [0.1, 0.15) is 5.82 Å². The van der Waals surface area contributed by atoms with Crippen molar-refractivity contribution in [3.63, 3.8) is 0 Å². The van der Waals surface area contributed by atoms with Crippen molar-refractivity contribution >= 4 is 35.0 Å². The molecular weight excluding hydrogens is 376 g/mol. The molecule has 1 aromatic heterocycles. The summed E-state index contributed by atoms with van der Waals surface area (Å²) in [6, 6.07) is 16.7. The number of halogens is 1. The summed E-state index contributed by atoms with van der Waals surface area (Å²) in [5.41, 5.74) is 3.23. The van der Waals surface area contributed by atoms with Crippen LogP contribution < -0.4 is 10.6 Å². The Balaban J connectivity index is 1.66. The molecule has 0 atom stereocenters. The van der Waals surface area contributed by atoms with Gasteiger partial charge in [0.2, 0.25) is 5.95 Å². The number of nitrogens with one attached hydrogen (secondary N) is 2. The van der Waals surface area contributed by atoms with E-state index >= 15 is 0 Å². The molecule has 1 heterocycles. The fourth-order valence-electron chi connectivity index (χ4n) is 2.67. The predicted molar refractivity (Wildman–Crippen MR) is 111 cm³/mol. The van der Waals surface area contributed by atoms with E-state index < -0.39 is 0 Å². The average molecular weight is 397 g/mol. The van der Waals surface area contributed by atoms with Crippen LogP contribution in [0.4, 0.5) is 17.5 Å². The van der Waals surface area contributed by atoms with E-state index in [0.717, 1.165) is 22.8 Å². The Morgan fingerprint density at radius 1 is 1.11 bits per heavy atom. The van der Waals surface area contributed by atoms with Crippen molar-refractivity contribution in [3.8, 4) is 0 Å². The van der Waals surface area contributed by atoms with E-state index in [1.54, 1.807) is 18.2 Å². The molecule has 2 N–H and O–H groups in total. The number of esters is 1. The minimum atomic E-state index is -0.382. The van der Waals surface area contributed by atoms with Crippen molar-refractivity contribution in [2.75, 3.05) is 24.3 Å². The number of aromatic nitrogens is 2. The zero-order valence-electron chi connectivity index (χ0n) is 15.7. The summed E-state index contributed by atoms with van der Waals surface area (Å²) in [5.74, 6) is 0.802. The summed E-state index contributed by atoms with van der Waals surface area (Å²) in [6.45, 7) is 2.60. The second kappa shape index (κ2) is 9.19. The molecule has 3 aromatic rings. The second-order valence-electron chi connectivity index (χ2n) is 6.22. The van der Waals surface area contributed by atoms with Crippen LogP contribution in [0.1, 0.15) is 21.6 Å². The van der Waals surface area contributed by atoms with E-state index in [0.29, 0.717) is 23.9 Å². The molecule has 0 spiro atoms. The molecular formula is C21H21ClN4O2. The molecule has 0 bridgehead atoms. The Morgan fingerprint density at radius 3 is 2.64 bits per heavy atom. The number of anilines is 3. The summed E-state index contributed by atoms with van der Waals surface area (Å²) < 4.78 is 4.76. The highest BCUT2D eigenvalue weighted by atomic mass is 35.5. The summed E-state index contributed by atoms with van der Waals surface area (Å²) >= 11 is 5.91. The number of hydrogen-bond donors (Lipinski definition) is 2. The highest BCUT2D eigenvalue weighted by Gasteiger charge is 2.07. The Hall–Kier alpha value is -3.12. The van der Waals surface area contributed by atoms with Gasteiger partial charge < -0.3 is 15.4 Å². The van der Waals surface area contributed by atoms with Gasteiger partial charge in [-0.25, -0.2) is 9.78 Å². The monoisotopic (exact) mass is 396 g/mol. The van der Waals surface area contributed by atoms with Gasteiger partial charge >= 0.3 is 5.97 Å². The third kappa shape index (κ3) is 5.44. The fraction of sp³-hybridized carbons (Fsp3) is 0.190. The molecule has 0 aliphatic carbocycles. The lowest BCUT2D eigenvalue weighted by Crippen LogP contribution is -2.09. The summed E-state index contributed by atoms with van der Waals surface area (Å²) in [6.07, 6.45) is 0.832. The predicted octanol–water partition coefficient (Wildman–Crippen LogP) is 4.62. The minimum absolute atomic E-state index is 0.382. The van der Waals surface area contributed by atoms with E-state index in [-0.39, 0.29) is 5.97 Å².